The van der Waals surface area contributed by atoms with Crippen molar-refractivity contribution in [2.75, 3.05) is 26.7 Å². The van der Waals surface area contributed by atoms with Gasteiger partial charge in [-0.15, -0.1) is 12.4 Å². The molecule has 1 amide bonds. The van der Waals surface area contributed by atoms with Gasteiger partial charge < -0.3 is 15.5 Å². The van der Waals surface area contributed by atoms with E-state index in [4.69, 9.17) is 0 Å². The fraction of sp³-hybridized carbons (Fsp3) is 0.933. The number of nitrogens with zero attached hydrogens (tertiary/aromatic N) is 1. The lowest BCUT2D eigenvalue weighted by atomic mass is 9.91. The third-order valence-electron chi connectivity index (χ3n) is 4.81. The van der Waals surface area contributed by atoms with E-state index < -0.39 is 0 Å². The number of likely N-dealkylation sites (N-methyl/N-ethyl adjacent to an activating group) is 1. The zero-order valence-corrected chi connectivity index (χ0v) is 13.7. The highest BCUT2D eigenvalue weighted by Gasteiger charge is 2.27. The highest BCUT2D eigenvalue weighted by Crippen LogP contribution is 2.22. The molecule has 1 aliphatic carbocycles. The Morgan fingerprint density at radius 2 is 1.95 bits per heavy atom. The van der Waals surface area contributed by atoms with Crippen LogP contribution in [-0.4, -0.2) is 49.6 Å². The van der Waals surface area contributed by atoms with E-state index in [-0.39, 0.29) is 24.2 Å². The van der Waals surface area contributed by atoms with Crippen LogP contribution in [-0.2, 0) is 4.79 Å². The van der Waals surface area contributed by atoms with Gasteiger partial charge in [0.15, 0.2) is 0 Å². The predicted molar refractivity (Wildman–Crippen MR) is 85.3 cm³/mol. The van der Waals surface area contributed by atoms with Crippen LogP contribution in [0.5, 0.6) is 0 Å². The molecule has 0 aromatic heterocycles. The molecule has 0 aromatic carbocycles. The van der Waals surface area contributed by atoms with Crippen molar-refractivity contribution in [2.24, 2.45) is 5.92 Å². The summed E-state index contributed by atoms with van der Waals surface area (Å²) in [4.78, 5) is 14.6. The molecule has 0 bridgehead atoms. The predicted octanol–water partition coefficient (Wildman–Crippen LogP) is 1.79. The Morgan fingerprint density at radius 3 is 2.60 bits per heavy atom. The summed E-state index contributed by atoms with van der Waals surface area (Å²) in [6.45, 7) is 4.93. The van der Waals surface area contributed by atoms with Gasteiger partial charge in [-0.25, -0.2) is 0 Å². The van der Waals surface area contributed by atoms with Crippen LogP contribution in [0.2, 0.25) is 0 Å². The van der Waals surface area contributed by atoms with E-state index in [1.165, 1.54) is 25.7 Å². The molecule has 20 heavy (non-hydrogen) atoms. The second-order valence-electron chi connectivity index (χ2n) is 6.20. The fourth-order valence-corrected chi connectivity index (χ4v) is 3.42. The highest BCUT2D eigenvalue weighted by atomic mass is 35.5. The number of hydrogen-bond donors (Lipinski definition) is 2. The van der Waals surface area contributed by atoms with Crippen LogP contribution in [0.25, 0.3) is 0 Å². The van der Waals surface area contributed by atoms with Gasteiger partial charge >= 0.3 is 0 Å². The van der Waals surface area contributed by atoms with Gasteiger partial charge in [-0.2, -0.15) is 0 Å². The van der Waals surface area contributed by atoms with Crippen LogP contribution >= 0.6 is 12.4 Å². The molecule has 118 valence electrons. The van der Waals surface area contributed by atoms with E-state index in [0.29, 0.717) is 6.04 Å². The molecule has 2 N–H and O–H groups in total. The molecule has 0 spiro atoms. The minimum Gasteiger partial charge on any atom is -0.355 e. The molecule has 2 aliphatic rings. The zero-order chi connectivity index (χ0) is 13.7. The van der Waals surface area contributed by atoms with E-state index in [2.05, 4.69) is 29.5 Å². The molecule has 1 saturated carbocycles. The molecule has 2 fully saturated rings. The van der Waals surface area contributed by atoms with Crippen LogP contribution in [0.4, 0.5) is 0 Å². The van der Waals surface area contributed by atoms with Crippen molar-refractivity contribution >= 4 is 18.3 Å². The summed E-state index contributed by atoms with van der Waals surface area (Å²) in [6, 6.07) is 1.06. The summed E-state index contributed by atoms with van der Waals surface area (Å²) in [5.74, 6) is 0.394. The molecule has 1 heterocycles. The molecule has 2 unspecified atom stereocenters. The van der Waals surface area contributed by atoms with Gasteiger partial charge in [-0.05, 0) is 46.2 Å². The van der Waals surface area contributed by atoms with E-state index in [0.717, 1.165) is 38.5 Å². The molecule has 1 saturated heterocycles. The van der Waals surface area contributed by atoms with E-state index >= 15 is 0 Å². The molecular weight excluding hydrogens is 274 g/mol. The van der Waals surface area contributed by atoms with Gasteiger partial charge in [-0.1, -0.05) is 12.8 Å². The topological polar surface area (TPSA) is 44.4 Å². The summed E-state index contributed by atoms with van der Waals surface area (Å²) in [7, 11) is 2.19. The first-order valence-electron chi connectivity index (χ1n) is 7.90. The molecule has 4 nitrogen and oxygen atoms in total. The average Bonchev–Trinajstić information content (AvgIpc) is 2.93. The van der Waals surface area contributed by atoms with Crippen molar-refractivity contribution in [3.8, 4) is 0 Å². The maximum atomic E-state index is 12.1. The number of hydrogen-bond acceptors (Lipinski definition) is 3. The Morgan fingerprint density at radius 1 is 1.25 bits per heavy atom. The second-order valence-corrected chi connectivity index (χ2v) is 6.20. The van der Waals surface area contributed by atoms with Crippen molar-refractivity contribution in [3.63, 3.8) is 0 Å². The first kappa shape index (κ1) is 17.7. The fourth-order valence-electron chi connectivity index (χ4n) is 3.42. The Hall–Kier alpha value is -0.320. The lowest BCUT2D eigenvalue weighted by Crippen LogP contribution is -2.48. The third kappa shape index (κ3) is 4.90. The van der Waals surface area contributed by atoms with Gasteiger partial charge in [0.25, 0.3) is 0 Å². The average molecular weight is 304 g/mol. The highest BCUT2D eigenvalue weighted by molar-refractivity contribution is 5.85. The number of carbonyl (C=O) groups is 1. The maximum absolute atomic E-state index is 12.1. The molecule has 1 aliphatic heterocycles. The number of piperidine rings is 1. The minimum absolute atomic E-state index is 0. The molecule has 0 radical (unpaired) electrons. The van der Waals surface area contributed by atoms with E-state index in [1.807, 2.05) is 0 Å². The number of amides is 1. The molecule has 2 rings (SSSR count). The molecule has 5 heteroatoms. The number of carbonyl (C=O) groups excluding carboxylic acids is 1. The van der Waals surface area contributed by atoms with Crippen molar-refractivity contribution in [1.82, 2.24) is 15.5 Å². The van der Waals surface area contributed by atoms with Gasteiger partial charge in [0.2, 0.25) is 5.91 Å². The smallest absolute Gasteiger partial charge is 0.224 e. The lowest BCUT2D eigenvalue weighted by molar-refractivity contribution is -0.126. The molecule has 0 aromatic rings. The standard InChI is InChI=1S/C15H29N3O.ClH/c1-12-14(8-5-9-16-12)15(19)17-10-11-18(2)13-6-3-4-7-13;/h12-14,16H,3-11H2,1-2H3,(H,17,19);1H. The van der Waals surface area contributed by atoms with Crippen molar-refractivity contribution < 1.29 is 4.79 Å². The van der Waals surface area contributed by atoms with E-state index in [1.54, 1.807) is 0 Å². The maximum Gasteiger partial charge on any atom is 0.224 e. The normalized spacial score (nSPS) is 27.4. The molecular formula is C15H30ClN3O. The van der Waals surface area contributed by atoms with Gasteiger partial charge in [-0.3, -0.25) is 4.79 Å². The van der Waals surface area contributed by atoms with Crippen LogP contribution in [0.1, 0.15) is 45.4 Å². The zero-order valence-electron chi connectivity index (χ0n) is 12.9. The summed E-state index contributed by atoms with van der Waals surface area (Å²) >= 11 is 0. The first-order valence-corrected chi connectivity index (χ1v) is 7.90. The second kappa shape index (κ2) is 8.85. The van der Waals surface area contributed by atoms with Crippen LogP contribution < -0.4 is 10.6 Å². The summed E-state index contributed by atoms with van der Waals surface area (Å²) < 4.78 is 0. The van der Waals surface area contributed by atoms with Crippen molar-refractivity contribution in [2.45, 2.75) is 57.5 Å². The number of nitrogens with one attached hydrogen (secondary N) is 2. The third-order valence-corrected chi connectivity index (χ3v) is 4.81. The number of halogens is 1. The summed E-state index contributed by atoms with van der Waals surface area (Å²) in [5, 5.41) is 6.50. The Labute approximate surface area is 129 Å². The SMILES string of the molecule is CC1NCCCC1C(=O)NCCN(C)C1CCCC1.Cl. The first-order chi connectivity index (χ1) is 9.18. The Balaban J connectivity index is 0.00000200. The van der Waals surface area contributed by atoms with Gasteiger partial charge in [0.1, 0.15) is 0 Å². The Bertz CT molecular complexity index is 295. The minimum atomic E-state index is 0. The van der Waals surface area contributed by atoms with Crippen molar-refractivity contribution in [1.29, 1.82) is 0 Å². The number of rotatable bonds is 5. The molecule has 2 atom stereocenters. The Kier molecular flexibility index (Phi) is 7.85. The van der Waals surface area contributed by atoms with Gasteiger partial charge in [0.05, 0.1) is 5.92 Å². The van der Waals surface area contributed by atoms with Gasteiger partial charge in [0, 0.05) is 25.2 Å². The monoisotopic (exact) mass is 303 g/mol. The quantitative estimate of drug-likeness (QED) is 0.814. The summed E-state index contributed by atoms with van der Waals surface area (Å²) in [6.07, 6.45) is 7.53. The van der Waals surface area contributed by atoms with Crippen molar-refractivity contribution in [3.05, 3.63) is 0 Å². The van der Waals surface area contributed by atoms with E-state index in [9.17, 15) is 4.79 Å². The summed E-state index contributed by atoms with van der Waals surface area (Å²) in [5.41, 5.74) is 0. The largest absolute Gasteiger partial charge is 0.355 e. The lowest BCUT2D eigenvalue weighted by Gasteiger charge is -2.29. The van der Waals surface area contributed by atoms with Crippen LogP contribution in [0.15, 0.2) is 0 Å². The van der Waals surface area contributed by atoms with Crippen LogP contribution in [0, 0.1) is 5.92 Å². The van der Waals surface area contributed by atoms with Crippen LogP contribution in [0.3, 0.4) is 0 Å².